The lowest BCUT2D eigenvalue weighted by molar-refractivity contribution is -0.120. The van der Waals surface area contributed by atoms with E-state index in [2.05, 4.69) is 48.5 Å². The van der Waals surface area contributed by atoms with Crippen molar-refractivity contribution in [2.45, 2.75) is 40.0 Å². The van der Waals surface area contributed by atoms with Gasteiger partial charge >= 0.3 is 0 Å². The molecule has 1 amide bonds. The molecule has 0 atom stereocenters. The third-order valence-electron chi connectivity index (χ3n) is 3.06. The minimum Gasteiger partial charge on any atom is -0.355 e. The Balaban J connectivity index is 3.34. The van der Waals surface area contributed by atoms with Crippen LogP contribution < -0.4 is 10.6 Å². The van der Waals surface area contributed by atoms with Crippen LogP contribution in [-0.2, 0) is 4.79 Å². The maximum Gasteiger partial charge on any atom is 0.220 e. The van der Waals surface area contributed by atoms with Crippen LogP contribution in [0.25, 0.3) is 0 Å². The summed E-state index contributed by atoms with van der Waals surface area (Å²) in [6, 6.07) is 0. The molecule has 0 radical (unpaired) electrons. The van der Waals surface area contributed by atoms with Crippen molar-refractivity contribution < 1.29 is 4.79 Å². The zero-order valence-corrected chi connectivity index (χ0v) is 12.9. The van der Waals surface area contributed by atoms with Crippen molar-refractivity contribution in [2.75, 3.05) is 39.3 Å². The van der Waals surface area contributed by atoms with Crippen molar-refractivity contribution in [3.05, 3.63) is 12.2 Å². The summed E-state index contributed by atoms with van der Waals surface area (Å²) in [7, 11) is 0. The van der Waals surface area contributed by atoms with E-state index in [1.165, 1.54) is 0 Å². The smallest absolute Gasteiger partial charge is 0.220 e. The topological polar surface area (TPSA) is 44.4 Å². The molecule has 0 spiro atoms. The van der Waals surface area contributed by atoms with Gasteiger partial charge in [-0.1, -0.05) is 32.9 Å². The van der Waals surface area contributed by atoms with E-state index in [0.29, 0.717) is 13.0 Å². The highest BCUT2D eigenvalue weighted by Gasteiger charge is 1.99. The molecular formula is C15H31N3O. The van der Waals surface area contributed by atoms with E-state index < -0.39 is 0 Å². The summed E-state index contributed by atoms with van der Waals surface area (Å²) in [5.74, 6) is 0.145. The molecule has 0 aromatic heterocycles. The van der Waals surface area contributed by atoms with E-state index >= 15 is 0 Å². The normalized spacial score (nSPS) is 11.4. The van der Waals surface area contributed by atoms with Gasteiger partial charge in [-0.15, -0.1) is 0 Å². The van der Waals surface area contributed by atoms with Crippen molar-refractivity contribution in [1.82, 2.24) is 15.5 Å². The van der Waals surface area contributed by atoms with Gasteiger partial charge in [-0.3, -0.25) is 4.79 Å². The monoisotopic (exact) mass is 269 g/mol. The van der Waals surface area contributed by atoms with Crippen molar-refractivity contribution in [1.29, 1.82) is 0 Å². The van der Waals surface area contributed by atoms with Gasteiger partial charge in [-0.2, -0.15) is 0 Å². The number of hydrogen-bond acceptors (Lipinski definition) is 3. The molecule has 19 heavy (non-hydrogen) atoms. The summed E-state index contributed by atoms with van der Waals surface area (Å²) in [5.41, 5.74) is 0. The molecule has 0 saturated heterocycles. The molecule has 0 unspecified atom stereocenters. The number of hydrogen-bond donors (Lipinski definition) is 2. The Hall–Kier alpha value is -0.870. The van der Waals surface area contributed by atoms with Crippen LogP contribution in [0.2, 0.25) is 0 Å². The molecule has 0 aliphatic heterocycles. The average Bonchev–Trinajstić information content (AvgIpc) is 2.43. The van der Waals surface area contributed by atoms with E-state index in [1.54, 1.807) is 0 Å². The minimum atomic E-state index is 0.145. The van der Waals surface area contributed by atoms with Crippen molar-refractivity contribution >= 4 is 5.91 Å². The van der Waals surface area contributed by atoms with E-state index in [9.17, 15) is 4.79 Å². The Bertz CT molecular complexity index is 238. The van der Waals surface area contributed by atoms with Crippen molar-refractivity contribution in [2.24, 2.45) is 0 Å². The number of carbonyl (C=O) groups excluding carboxylic acids is 1. The molecule has 4 heteroatoms. The molecule has 112 valence electrons. The van der Waals surface area contributed by atoms with Gasteiger partial charge in [0, 0.05) is 32.6 Å². The average molecular weight is 269 g/mol. The first kappa shape index (κ1) is 18.1. The van der Waals surface area contributed by atoms with Gasteiger partial charge in [0.25, 0.3) is 0 Å². The van der Waals surface area contributed by atoms with Crippen LogP contribution in [0.4, 0.5) is 0 Å². The number of rotatable bonds is 12. The van der Waals surface area contributed by atoms with Crippen LogP contribution in [0, 0.1) is 0 Å². The van der Waals surface area contributed by atoms with E-state index in [4.69, 9.17) is 0 Å². The fourth-order valence-corrected chi connectivity index (χ4v) is 1.78. The first-order valence-electron chi connectivity index (χ1n) is 7.59. The lowest BCUT2D eigenvalue weighted by atomic mass is 10.2. The van der Waals surface area contributed by atoms with Gasteiger partial charge in [-0.05, 0) is 25.9 Å². The molecular weight excluding hydrogens is 238 g/mol. The number of nitrogens with zero attached hydrogens (tertiary/aromatic N) is 1. The molecule has 2 N–H and O–H groups in total. The lowest BCUT2D eigenvalue weighted by Gasteiger charge is -2.18. The van der Waals surface area contributed by atoms with E-state index in [-0.39, 0.29) is 5.91 Å². The number of amides is 1. The Kier molecular flexibility index (Phi) is 12.9. The standard InChI is InChI=1S/C15H31N3O/c1-4-7-8-9-10-15(19)17-12-11-16-13-14-18(5-2)6-3/h7-8,16H,4-6,9-14H2,1-3H3,(H,17,19)/b8-7+. The molecule has 0 rings (SSSR count). The molecule has 0 heterocycles. The molecule has 0 fully saturated rings. The molecule has 4 nitrogen and oxygen atoms in total. The van der Waals surface area contributed by atoms with Gasteiger partial charge in [0.1, 0.15) is 0 Å². The highest BCUT2D eigenvalue weighted by molar-refractivity contribution is 5.75. The van der Waals surface area contributed by atoms with Crippen LogP contribution in [0.15, 0.2) is 12.2 Å². The Labute approximate surface area is 118 Å². The van der Waals surface area contributed by atoms with E-state index in [0.717, 1.165) is 45.6 Å². The van der Waals surface area contributed by atoms with Crippen LogP contribution in [0.1, 0.15) is 40.0 Å². The second-order valence-electron chi connectivity index (χ2n) is 4.55. The zero-order valence-electron chi connectivity index (χ0n) is 12.9. The fourth-order valence-electron chi connectivity index (χ4n) is 1.78. The summed E-state index contributed by atoms with van der Waals surface area (Å²) in [6.45, 7) is 12.3. The summed E-state index contributed by atoms with van der Waals surface area (Å²) in [4.78, 5) is 13.8. The predicted octanol–water partition coefficient (Wildman–Crippen LogP) is 1.78. The van der Waals surface area contributed by atoms with Crippen LogP contribution in [0.3, 0.4) is 0 Å². The molecule has 0 aromatic rings. The number of carbonyl (C=O) groups is 1. The summed E-state index contributed by atoms with van der Waals surface area (Å²) < 4.78 is 0. The third-order valence-corrected chi connectivity index (χ3v) is 3.06. The quantitative estimate of drug-likeness (QED) is 0.419. The Morgan fingerprint density at radius 2 is 1.79 bits per heavy atom. The van der Waals surface area contributed by atoms with Crippen molar-refractivity contribution in [3.8, 4) is 0 Å². The van der Waals surface area contributed by atoms with E-state index in [1.807, 2.05) is 0 Å². The SMILES string of the molecule is CC/C=C/CCC(=O)NCCNCCN(CC)CC. The minimum absolute atomic E-state index is 0.145. The molecule has 0 aliphatic carbocycles. The first-order chi connectivity index (χ1) is 9.24. The zero-order chi connectivity index (χ0) is 14.3. The Morgan fingerprint density at radius 1 is 1.05 bits per heavy atom. The maximum atomic E-state index is 11.5. The summed E-state index contributed by atoms with van der Waals surface area (Å²) in [5, 5.41) is 6.27. The largest absolute Gasteiger partial charge is 0.355 e. The molecule has 0 aromatic carbocycles. The van der Waals surface area contributed by atoms with Gasteiger partial charge in [0.05, 0.1) is 0 Å². The highest BCUT2D eigenvalue weighted by Crippen LogP contribution is 1.92. The van der Waals surface area contributed by atoms with Crippen LogP contribution in [-0.4, -0.2) is 50.1 Å². The highest BCUT2D eigenvalue weighted by atomic mass is 16.1. The number of allylic oxidation sites excluding steroid dienone is 2. The molecule has 0 aliphatic rings. The Morgan fingerprint density at radius 3 is 2.42 bits per heavy atom. The lowest BCUT2D eigenvalue weighted by Crippen LogP contribution is -2.36. The maximum absolute atomic E-state index is 11.5. The summed E-state index contributed by atoms with van der Waals surface area (Å²) in [6.07, 6.45) is 6.65. The predicted molar refractivity (Wildman–Crippen MR) is 82.3 cm³/mol. The third kappa shape index (κ3) is 11.9. The molecule has 0 saturated carbocycles. The van der Waals surface area contributed by atoms with Crippen LogP contribution >= 0.6 is 0 Å². The fraction of sp³-hybridized carbons (Fsp3) is 0.800. The van der Waals surface area contributed by atoms with Gasteiger partial charge in [0.15, 0.2) is 0 Å². The molecule has 0 bridgehead atoms. The van der Waals surface area contributed by atoms with Crippen molar-refractivity contribution in [3.63, 3.8) is 0 Å². The van der Waals surface area contributed by atoms with Gasteiger partial charge in [0.2, 0.25) is 5.91 Å². The number of nitrogens with one attached hydrogen (secondary N) is 2. The second kappa shape index (κ2) is 13.6. The second-order valence-corrected chi connectivity index (χ2v) is 4.55. The summed E-state index contributed by atoms with van der Waals surface area (Å²) >= 11 is 0. The van der Waals surface area contributed by atoms with Gasteiger partial charge < -0.3 is 15.5 Å². The van der Waals surface area contributed by atoms with Gasteiger partial charge in [-0.25, -0.2) is 0 Å². The first-order valence-corrected chi connectivity index (χ1v) is 7.59. The van der Waals surface area contributed by atoms with Crippen LogP contribution in [0.5, 0.6) is 0 Å². The number of likely N-dealkylation sites (N-methyl/N-ethyl adjacent to an activating group) is 1.